The van der Waals surface area contributed by atoms with Gasteiger partial charge >= 0.3 is 12.0 Å². The molecule has 0 bridgehead atoms. The maximum atomic E-state index is 12.1. The quantitative estimate of drug-likeness (QED) is 0.837. The van der Waals surface area contributed by atoms with E-state index in [1.807, 2.05) is 13.8 Å². The molecule has 0 aliphatic carbocycles. The topological polar surface area (TPSA) is 87.5 Å². The van der Waals surface area contributed by atoms with Gasteiger partial charge in [-0.1, -0.05) is 6.92 Å². The van der Waals surface area contributed by atoms with Gasteiger partial charge in [-0.25, -0.2) is 9.59 Å². The lowest BCUT2D eigenvalue weighted by molar-refractivity contribution is -0.142. The Morgan fingerprint density at radius 2 is 2.21 bits per heavy atom. The summed E-state index contributed by atoms with van der Waals surface area (Å²) in [6.07, 6.45) is 0.700. The van der Waals surface area contributed by atoms with Gasteiger partial charge in [-0.05, 0) is 19.3 Å². The number of carboxylic acid groups (broad SMARTS) is 1. The molecule has 0 saturated carbocycles. The molecule has 1 aliphatic rings. The summed E-state index contributed by atoms with van der Waals surface area (Å²) < 4.78 is 1.65. The summed E-state index contributed by atoms with van der Waals surface area (Å²) in [4.78, 5) is 24.7. The number of hydrogen-bond acceptors (Lipinski definition) is 3. The Balaban J connectivity index is 2.09. The summed E-state index contributed by atoms with van der Waals surface area (Å²) in [5.41, 5.74) is 0.917. The van der Waals surface area contributed by atoms with E-state index in [2.05, 4.69) is 10.4 Å². The number of aryl methyl sites for hydroxylation is 2. The lowest BCUT2D eigenvalue weighted by atomic mass is 10.0. The van der Waals surface area contributed by atoms with Crippen LogP contribution in [0.5, 0.6) is 0 Å². The zero-order valence-corrected chi connectivity index (χ0v) is 11.3. The van der Waals surface area contributed by atoms with Crippen LogP contribution >= 0.6 is 0 Å². The molecule has 2 amide bonds. The van der Waals surface area contributed by atoms with Gasteiger partial charge in [0.15, 0.2) is 5.82 Å². The molecule has 2 unspecified atom stereocenters. The fourth-order valence-corrected chi connectivity index (χ4v) is 2.35. The number of carbonyl (C=O) groups excluding carboxylic acids is 1. The molecular weight excluding hydrogens is 248 g/mol. The molecule has 19 heavy (non-hydrogen) atoms. The molecule has 1 aromatic rings. The standard InChI is InChI=1S/C12H18N4O3/c1-7-4-5-16(10(7)11(17)18)12(19)13-9-6-8(2)15(3)14-9/h6-7,10H,4-5H2,1-3H3,(H,17,18)(H,13,14,19). The highest BCUT2D eigenvalue weighted by Gasteiger charge is 2.39. The summed E-state index contributed by atoms with van der Waals surface area (Å²) in [5.74, 6) is -0.556. The second-order valence-electron chi connectivity index (χ2n) is 4.97. The molecule has 2 rings (SSSR count). The zero-order valence-electron chi connectivity index (χ0n) is 11.3. The molecule has 1 fully saturated rings. The van der Waals surface area contributed by atoms with E-state index in [4.69, 9.17) is 0 Å². The Morgan fingerprint density at radius 1 is 1.53 bits per heavy atom. The number of rotatable bonds is 2. The second kappa shape index (κ2) is 4.91. The Kier molecular flexibility index (Phi) is 3.46. The summed E-state index contributed by atoms with van der Waals surface area (Å²) in [7, 11) is 1.78. The Labute approximate surface area is 111 Å². The van der Waals surface area contributed by atoms with E-state index in [0.717, 1.165) is 5.69 Å². The number of urea groups is 1. The molecule has 2 N–H and O–H groups in total. The fraction of sp³-hybridized carbons (Fsp3) is 0.583. The molecule has 7 nitrogen and oxygen atoms in total. The molecule has 0 radical (unpaired) electrons. The number of nitrogens with zero attached hydrogens (tertiary/aromatic N) is 3. The van der Waals surface area contributed by atoms with Crippen LogP contribution in [-0.2, 0) is 11.8 Å². The van der Waals surface area contributed by atoms with Crippen LogP contribution in [0.4, 0.5) is 10.6 Å². The second-order valence-corrected chi connectivity index (χ2v) is 4.97. The summed E-state index contributed by atoms with van der Waals surface area (Å²) in [5, 5.41) is 15.9. The van der Waals surface area contributed by atoms with Crippen molar-refractivity contribution in [1.82, 2.24) is 14.7 Å². The SMILES string of the molecule is Cc1cc(NC(=O)N2CCC(C)C2C(=O)O)nn1C. The predicted octanol–water partition coefficient (Wildman–Crippen LogP) is 1.06. The Morgan fingerprint density at radius 3 is 2.74 bits per heavy atom. The van der Waals surface area contributed by atoms with Crippen LogP contribution in [0.1, 0.15) is 19.0 Å². The van der Waals surface area contributed by atoms with Crippen molar-refractivity contribution in [3.63, 3.8) is 0 Å². The third-order valence-electron chi connectivity index (χ3n) is 3.56. The number of nitrogens with one attached hydrogen (secondary N) is 1. The zero-order chi connectivity index (χ0) is 14.2. The van der Waals surface area contributed by atoms with E-state index < -0.39 is 18.0 Å². The summed E-state index contributed by atoms with van der Waals surface area (Å²) in [6, 6.07) is 0.576. The van der Waals surface area contributed by atoms with Crippen molar-refractivity contribution in [2.45, 2.75) is 26.3 Å². The van der Waals surface area contributed by atoms with Crippen LogP contribution in [0, 0.1) is 12.8 Å². The number of anilines is 1. The van der Waals surface area contributed by atoms with Crippen molar-refractivity contribution < 1.29 is 14.7 Å². The van der Waals surface area contributed by atoms with Crippen LogP contribution < -0.4 is 5.32 Å². The average Bonchev–Trinajstić information content (AvgIpc) is 2.83. The van der Waals surface area contributed by atoms with Crippen LogP contribution in [0.3, 0.4) is 0 Å². The first-order valence-corrected chi connectivity index (χ1v) is 6.21. The molecule has 0 spiro atoms. The highest BCUT2D eigenvalue weighted by Crippen LogP contribution is 2.24. The van der Waals surface area contributed by atoms with Gasteiger partial charge in [0.25, 0.3) is 0 Å². The Bertz CT molecular complexity index is 492. The van der Waals surface area contributed by atoms with Crippen molar-refractivity contribution in [3.8, 4) is 0 Å². The van der Waals surface area contributed by atoms with Crippen molar-refractivity contribution >= 4 is 17.8 Å². The van der Waals surface area contributed by atoms with Gasteiger partial charge in [-0.15, -0.1) is 0 Å². The molecule has 0 aromatic carbocycles. The van der Waals surface area contributed by atoms with Gasteiger partial charge < -0.3 is 10.0 Å². The first-order valence-electron chi connectivity index (χ1n) is 6.21. The normalized spacial score (nSPS) is 22.6. The van der Waals surface area contributed by atoms with E-state index in [9.17, 15) is 14.7 Å². The number of aliphatic carboxylic acids is 1. The lowest BCUT2D eigenvalue weighted by Gasteiger charge is -2.23. The first-order chi connectivity index (χ1) is 8.90. The molecule has 104 valence electrons. The van der Waals surface area contributed by atoms with Crippen LogP contribution in [0.15, 0.2) is 6.07 Å². The van der Waals surface area contributed by atoms with Gasteiger partial charge in [0.05, 0.1) is 0 Å². The molecule has 1 aromatic heterocycles. The Hall–Kier alpha value is -2.05. The van der Waals surface area contributed by atoms with Crippen molar-refractivity contribution in [3.05, 3.63) is 11.8 Å². The number of carboxylic acids is 1. The summed E-state index contributed by atoms with van der Waals surface area (Å²) in [6.45, 7) is 4.17. The van der Waals surface area contributed by atoms with E-state index >= 15 is 0 Å². The minimum atomic E-state index is -0.961. The lowest BCUT2D eigenvalue weighted by Crippen LogP contribution is -2.44. The van der Waals surface area contributed by atoms with Crippen LogP contribution in [-0.4, -0.2) is 44.4 Å². The van der Waals surface area contributed by atoms with Crippen LogP contribution in [0.2, 0.25) is 0 Å². The van der Waals surface area contributed by atoms with Gasteiger partial charge in [0, 0.05) is 25.4 Å². The molecular formula is C12H18N4O3. The molecule has 2 heterocycles. The highest BCUT2D eigenvalue weighted by atomic mass is 16.4. The van der Waals surface area contributed by atoms with Crippen molar-refractivity contribution in [2.75, 3.05) is 11.9 Å². The largest absolute Gasteiger partial charge is 0.480 e. The molecule has 1 saturated heterocycles. The molecule has 1 aliphatic heterocycles. The average molecular weight is 266 g/mol. The van der Waals surface area contributed by atoms with Gasteiger partial charge in [0.2, 0.25) is 0 Å². The van der Waals surface area contributed by atoms with E-state index in [0.29, 0.717) is 18.8 Å². The highest BCUT2D eigenvalue weighted by molar-refractivity contribution is 5.92. The van der Waals surface area contributed by atoms with E-state index in [1.54, 1.807) is 17.8 Å². The maximum Gasteiger partial charge on any atom is 0.326 e. The van der Waals surface area contributed by atoms with E-state index in [1.165, 1.54) is 4.90 Å². The van der Waals surface area contributed by atoms with Gasteiger partial charge in [-0.2, -0.15) is 5.10 Å². The van der Waals surface area contributed by atoms with Crippen LogP contribution in [0.25, 0.3) is 0 Å². The smallest absolute Gasteiger partial charge is 0.326 e. The molecule has 7 heteroatoms. The number of aromatic nitrogens is 2. The maximum absolute atomic E-state index is 12.1. The van der Waals surface area contributed by atoms with Crippen molar-refractivity contribution in [1.29, 1.82) is 0 Å². The predicted molar refractivity (Wildman–Crippen MR) is 68.9 cm³/mol. The number of likely N-dealkylation sites (tertiary alicyclic amines) is 1. The number of amides is 2. The number of hydrogen-bond donors (Lipinski definition) is 2. The van der Waals surface area contributed by atoms with E-state index in [-0.39, 0.29) is 5.92 Å². The fourth-order valence-electron chi connectivity index (χ4n) is 2.35. The van der Waals surface area contributed by atoms with Crippen molar-refractivity contribution in [2.24, 2.45) is 13.0 Å². The first kappa shape index (κ1) is 13.4. The minimum Gasteiger partial charge on any atom is -0.480 e. The third kappa shape index (κ3) is 2.54. The monoisotopic (exact) mass is 266 g/mol. The number of carbonyl (C=O) groups is 2. The van der Waals surface area contributed by atoms with Gasteiger partial charge in [-0.3, -0.25) is 10.00 Å². The third-order valence-corrected chi connectivity index (χ3v) is 3.56. The van der Waals surface area contributed by atoms with Gasteiger partial charge in [0.1, 0.15) is 6.04 Å². The summed E-state index contributed by atoms with van der Waals surface area (Å²) >= 11 is 0. The minimum absolute atomic E-state index is 0.0336. The molecule has 2 atom stereocenters.